The van der Waals surface area contributed by atoms with Gasteiger partial charge in [-0.2, -0.15) is 0 Å². The number of hydrogen-bond acceptors (Lipinski definition) is 31. The lowest BCUT2D eigenvalue weighted by Crippen LogP contribution is -2.64. The fourth-order valence-corrected chi connectivity index (χ4v) is 17.9. The first-order chi connectivity index (χ1) is 68.2. The number of Topliss-reactive ketones (excluding diaryl/α,β-unsaturated/α-hetero) is 1. The van der Waals surface area contributed by atoms with Crippen LogP contribution < -0.4 is 58.1 Å². The summed E-state index contributed by atoms with van der Waals surface area (Å²) in [6.07, 6.45) is -0.223. The number of carbonyl (C=O) groups is 12. The first-order valence-corrected chi connectivity index (χ1v) is 52.0. The molecule has 4 aliphatic heterocycles. The van der Waals surface area contributed by atoms with E-state index in [0.29, 0.717) is 177 Å². The SMILES string of the molecule is COP(=O)(O)OCCCCCCNC(=O)CCC(=O)N1Cc2ccccc2-c2nnn(CCCCCC(=O)NC(CCC(=O)NC(CCC(=O)C(CCC(=O)NCCCCCCOC3O[C@H](CO)[C@H](C)[C@H](O)[C@H]3NC(C)=O)C(=O)NCCCCCCOC3O[C@H](CO)[C@H](C)[C@H](O)[C@H]3NC(C)=O)C(=O)NCCCCCCO)C(=O)NCCCCCCO[C@@H]3O[C@H](CO)[C@H](O)[C@H](O)[C@H]3NC(C)=O)c2-c2ccccc21. The number of nitrogens with one attached hydrogen (secondary N) is 10. The number of ether oxygens (including phenoxy) is 6. The highest BCUT2D eigenvalue weighted by molar-refractivity contribution is 7.47. The summed E-state index contributed by atoms with van der Waals surface area (Å²) >= 11 is 0. The Morgan fingerprint density at radius 2 is 0.873 bits per heavy atom. The number of aliphatic hydroxyl groups excluding tert-OH is 8. The number of fused-ring (bicyclic) bond motifs is 5. The van der Waals surface area contributed by atoms with Gasteiger partial charge in [0.05, 0.1) is 74.7 Å². The number of aliphatic hydroxyl groups is 8. The topological polar surface area (TPSA) is 632 Å². The van der Waals surface area contributed by atoms with E-state index in [1.807, 2.05) is 48.5 Å². The van der Waals surface area contributed by atoms with E-state index in [-0.39, 0.29) is 142 Å². The Hall–Kier alpha value is -9.03. The summed E-state index contributed by atoms with van der Waals surface area (Å²) in [4.78, 5) is 175. The fourth-order valence-electron chi connectivity index (χ4n) is 17.4. The molecule has 11 amide bonds. The van der Waals surface area contributed by atoms with Crippen LogP contribution >= 0.6 is 7.82 Å². The van der Waals surface area contributed by atoms with E-state index in [2.05, 4.69) is 62.9 Å². The molecule has 0 aliphatic carbocycles. The number of ketones is 1. The first kappa shape index (κ1) is 120. The van der Waals surface area contributed by atoms with Crippen molar-refractivity contribution in [3.8, 4) is 22.5 Å². The van der Waals surface area contributed by atoms with Crippen molar-refractivity contribution in [2.24, 2.45) is 17.8 Å². The zero-order valence-corrected chi connectivity index (χ0v) is 84.0. The number of aryl methyl sites for hydroxylation is 1. The molecule has 0 saturated carbocycles. The smallest absolute Gasteiger partial charge is 0.396 e. The number of unbranched alkanes of at least 4 members (excludes halogenated alkanes) is 17. The first-order valence-electron chi connectivity index (χ1n) is 50.5. The van der Waals surface area contributed by atoms with Gasteiger partial charge in [0.1, 0.15) is 60.0 Å². The highest BCUT2D eigenvalue weighted by atomic mass is 31.2. The minimum Gasteiger partial charge on any atom is -0.396 e. The number of aromatic nitrogens is 3. The van der Waals surface area contributed by atoms with Crippen molar-refractivity contribution in [3.05, 3.63) is 54.1 Å². The van der Waals surface area contributed by atoms with Crippen LogP contribution in [0, 0.1) is 17.8 Å². The van der Waals surface area contributed by atoms with Gasteiger partial charge in [-0.1, -0.05) is 132 Å². The molecule has 0 radical (unpaired) electrons. The lowest BCUT2D eigenvalue weighted by Gasteiger charge is -2.43. The van der Waals surface area contributed by atoms with E-state index in [0.717, 1.165) is 24.7 Å². The number of rotatable bonds is 69. The van der Waals surface area contributed by atoms with Gasteiger partial charge in [-0.25, -0.2) is 9.25 Å². The van der Waals surface area contributed by atoms with Crippen LogP contribution in [-0.4, -0.2) is 316 Å². The van der Waals surface area contributed by atoms with Gasteiger partial charge in [-0.15, -0.1) is 5.10 Å². The normalized spacial score (nSPS) is 22.5. The molecule has 19 N–H and O–H groups in total. The maximum absolute atomic E-state index is 14.7. The number of hydrogen-bond donors (Lipinski definition) is 19. The average molecular weight is 2030 g/mol. The number of para-hydroxylation sites is 1. The summed E-state index contributed by atoms with van der Waals surface area (Å²) in [5.74, 6) is -8.52. The van der Waals surface area contributed by atoms with Crippen molar-refractivity contribution in [2.75, 3.05) is 97.6 Å². The number of phosphoric ester groups is 1. The second-order valence-electron chi connectivity index (χ2n) is 36.9. The van der Waals surface area contributed by atoms with E-state index in [1.165, 1.54) is 20.8 Å². The summed E-state index contributed by atoms with van der Waals surface area (Å²) in [5, 5.41) is 119. The fraction of sp³-hybridized carbons (Fsp3) is 0.732. The van der Waals surface area contributed by atoms with Crippen LogP contribution in [0.25, 0.3) is 22.5 Å². The number of carbonyl (C=O) groups excluding carboxylic acids is 12. The summed E-state index contributed by atoms with van der Waals surface area (Å²) in [5.41, 5.74) is 4.04. The van der Waals surface area contributed by atoms with Gasteiger partial charge >= 0.3 is 7.82 Å². The Kier molecular flexibility index (Phi) is 55.3. The molecule has 0 spiro atoms. The van der Waals surface area contributed by atoms with Crippen LogP contribution in [0.15, 0.2) is 48.5 Å². The second-order valence-corrected chi connectivity index (χ2v) is 38.4. The lowest BCUT2D eigenvalue weighted by molar-refractivity contribution is -0.270. The largest absolute Gasteiger partial charge is 0.471 e. The number of anilines is 1. The third kappa shape index (κ3) is 41.1. The summed E-state index contributed by atoms with van der Waals surface area (Å²) in [7, 11) is -2.97. The number of benzene rings is 2. The maximum atomic E-state index is 14.7. The minimum atomic E-state index is -4.06. The molecule has 3 aromatic rings. The maximum Gasteiger partial charge on any atom is 0.471 e. The van der Waals surface area contributed by atoms with Crippen LogP contribution in [0.1, 0.15) is 246 Å². The van der Waals surface area contributed by atoms with E-state index < -0.39 is 190 Å². The Morgan fingerprint density at radius 1 is 0.451 bits per heavy atom. The molecule has 142 heavy (non-hydrogen) atoms. The predicted molar refractivity (Wildman–Crippen MR) is 517 cm³/mol. The van der Waals surface area contributed by atoms with Crippen molar-refractivity contribution >= 4 is 84.3 Å². The quantitative estimate of drug-likeness (QED) is 0.0219. The van der Waals surface area contributed by atoms with E-state index in [4.69, 9.17) is 38.0 Å². The van der Waals surface area contributed by atoms with Gasteiger partial charge in [0.2, 0.25) is 65.0 Å². The third-order valence-electron chi connectivity index (χ3n) is 25.7. The number of phosphoric acid groups is 1. The van der Waals surface area contributed by atoms with E-state index in [9.17, 15) is 108 Å². The zero-order chi connectivity index (χ0) is 103. The van der Waals surface area contributed by atoms with Gasteiger partial charge in [-0.05, 0) is 108 Å². The van der Waals surface area contributed by atoms with E-state index in [1.54, 1.807) is 23.4 Å². The molecule has 800 valence electrons. The zero-order valence-electron chi connectivity index (χ0n) is 83.1. The molecular weight excluding hydrogens is 1870 g/mol. The van der Waals surface area contributed by atoms with Crippen molar-refractivity contribution in [1.29, 1.82) is 0 Å². The Morgan fingerprint density at radius 3 is 1.37 bits per heavy atom. The third-order valence-corrected chi connectivity index (χ3v) is 26.7. The Balaban J connectivity index is 1.00. The molecule has 4 aliphatic rings. The highest BCUT2D eigenvalue weighted by Gasteiger charge is 2.48. The van der Waals surface area contributed by atoms with Gasteiger partial charge in [0.25, 0.3) is 0 Å². The van der Waals surface area contributed by atoms with Crippen LogP contribution in [-0.2, 0) is 113 Å². The standard InChI is InChI=1S/C97H157N14O30P/c1-62-75(59-113)139-95(84(88(62)125)103-64(3)116)135-54-30-13-8-23-47-98-78(120)43-39-70(92(129)100-49-26-9-14-31-55-136-96-85(104-65(4)117)89(126)63(2)76(60-114)140-96)74(119)42-40-71(93(130)101-50-25-7-12-29-53-112)107-81(123)44-41-72(94(131)102-51-27-10-15-32-56-137-97-86(105-66(5)118)91(128)90(127)77(61-115)141-97)106-80(122)38-18-17-28-52-111-87-69-36-21-22-37-73(69)110(58-67-34-19-20-35-68(67)83(87)108-109-111)82(124)46-45-79(121)99-48-24-11-16-33-57-138-142(132,133)134-6/h19-22,34-37,62-63,70-72,75-77,84-86,88-91,95-97,112-115,125-128H,7-18,23-33,38-61H2,1-6H3,(H,98,120)(H,99,121)(H,100,129)(H,101,130)(H,102,131)(H,103,116)(H,104,117)(H,105,118)(H,106,122)(H,107,123)(H,132,133)/t62-,63-,70?,71?,72?,75+,76+,77+,84+,85+,86+,88-,89-,90-,91+,95?,96?,97+/m0/s1. The lowest BCUT2D eigenvalue weighted by atomic mass is 9.89. The molecule has 3 fully saturated rings. The Bertz CT molecular complexity index is 4430. The van der Waals surface area contributed by atoms with Crippen LogP contribution in [0.5, 0.6) is 0 Å². The van der Waals surface area contributed by atoms with Crippen molar-refractivity contribution in [3.63, 3.8) is 0 Å². The molecule has 19 atom stereocenters. The van der Waals surface area contributed by atoms with E-state index >= 15 is 0 Å². The van der Waals surface area contributed by atoms with Gasteiger partial charge < -0.3 is 132 Å². The van der Waals surface area contributed by atoms with Crippen molar-refractivity contribution < 1.29 is 145 Å². The van der Waals surface area contributed by atoms with Crippen LogP contribution in [0.2, 0.25) is 0 Å². The molecule has 3 saturated heterocycles. The molecule has 1 aromatic heterocycles. The minimum absolute atomic E-state index is 0.0241. The summed E-state index contributed by atoms with van der Waals surface area (Å²) in [6.45, 7) is 7.91. The molecule has 2 aromatic carbocycles. The molecule has 45 heteroatoms. The van der Waals surface area contributed by atoms with Crippen LogP contribution in [0.4, 0.5) is 5.69 Å². The van der Waals surface area contributed by atoms with Gasteiger partial charge in [0, 0.05) is 155 Å². The monoisotopic (exact) mass is 2030 g/mol. The predicted octanol–water partition coefficient (Wildman–Crippen LogP) is 2.86. The van der Waals surface area contributed by atoms with Gasteiger partial charge in [0.15, 0.2) is 18.9 Å². The molecule has 5 heterocycles. The number of amides is 11. The molecule has 0 bridgehead atoms. The van der Waals surface area contributed by atoms with Crippen molar-refractivity contribution in [2.45, 2.75) is 345 Å². The Labute approximate surface area is 830 Å². The molecular formula is C97H157N14O30P. The number of nitrogens with zero attached hydrogens (tertiary/aromatic N) is 4. The van der Waals surface area contributed by atoms with Gasteiger partial charge in [-0.3, -0.25) is 66.6 Å². The second kappa shape index (κ2) is 65.5. The summed E-state index contributed by atoms with van der Waals surface area (Å²) < 4.78 is 57.9. The highest BCUT2D eigenvalue weighted by Crippen LogP contribution is 2.43. The summed E-state index contributed by atoms with van der Waals surface area (Å²) in [6, 6.07) is 9.39. The van der Waals surface area contributed by atoms with Crippen LogP contribution in [0.3, 0.4) is 0 Å². The molecule has 6 unspecified atom stereocenters. The average Bonchev–Trinajstić information content (AvgIpc) is 1.55. The van der Waals surface area contributed by atoms with Crippen molar-refractivity contribution in [1.82, 2.24) is 68.2 Å². The molecule has 44 nitrogen and oxygen atoms in total. The molecule has 7 rings (SSSR count).